The van der Waals surface area contributed by atoms with E-state index in [9.17, 15) is 4.79 Å². The summed E-state index contributed by atoms with van der Waals surface area (Å²) in [6.07, 6.45) is 0.769. The molecule has 9 heteroatoms. The Bertz CT molecular complexity index is 1260. The molecule has 0 atom stereocenters. The predicted molar refractivity (Wildman–Crippen MR) is 120 cm³/mol. The molecule has 0 aliphatic rings. The van der Waals surface area contributed by atoms with Crippen LogP contribution in [0.15, 0.2) is 39.3 Å². The van der Waals surface area contributed by atoms with Gasteiger partial charge in [0.1, 0.15) is 0 Å². The zero-order valence-corrected chi connectivity index (χ0v) is 19.2. The largest absolute Gasteiger partial charge is 0.419 e. The van der Waals surface area contributed by atoms with E-state index in [-0.39, 0.29) is 18.4 Å². The summed E-state index contributed by atoms with van der Waals surface area (Å²) in [6.45, 7) is 8.55. The van der Waals surface area contributed by atoms with Gasteiger partial charge < -0.3 is 13.8 Å². The van der Waals surface area contributed by atoms with Gasteiger partial charge in [-0.05, 0) is 37.5 Å². The second kappa shape index (κ2) is 9.08. The van der Waals surface area contributed by atoms with Crippen LogP contribution >= 0.6 is 11.6 Å². The summed E-state index contributed by atoms with van der Waals surface area (Å²) in [5, 5.41) is 13.4. The van der Waals surface area contributed by atoms with Gasteiger partial charge in [0.05, 0.1) is 33.8 Å². The topological polar surface area (TPSA) is 98.2 Å². The van der Waals surface area contributed by atoms with Crippen molar-refractivity contribution >= 4 is 28.6 Å². The van der Waals surface area contributed by atoms with Crippen LogP contribution in [0.3, 0.4) is 0 Å². The highest BCUT2D eigenvalue weighted by atomic mass is 35.5. The lowest BCUT2D eigenvalue weighted by molar-refractivity contribution is 0.0730. The van der Waals surface area contributed by atoms with Crippen LogP contribution in [-0.4, -0.2) is 37.7 Å². The Morgan fingerprint density at radius 1 is 1.22 bits per heavy atom. The van der Waals surface area contributed by atoms with Gasteiger partial charge in [-0.25, -0.2) is 4.98 Å². The van der Waals surface area contributed by atoms with Gasteiger partial charge in [0, 0.05) is 12.2 Å². The molecule has 0 fully saturated rings. The molecular formula is C23H24ClN5O3. The second-order valence-corrected chi connectivity index (χ2v) is 8.31. The molecule has 0 bridgehead atoms. The maximum Gasteiger partial charge on any atom is 0.259 e. The molecule has 32 heavy (non-hydrogen) atoms. The number of nitrogens with zero attached hydrogens (tertiary/aromatic N) is 5. The maximum atomic E-state index is 13.6. The number of hydrogen-bond donors (Lipinski definition) is 0. The lowest BCUT2D eigenvalue weighted by atomic mass is 10.0. The number of hydrogen-bond acceptors (Lipinski definition) is 7. The smallest absolute Gasteiger partial charge is 0.259 e. The van der Waals surface area contributed by atoms with E-state index >= 15 is 0 Å². The zero-order chi connectivity index (χ0) is 22.8. The highest BCUT2D eigenvalue weighted by Gasteiger charge is 2.25. The molecule has 3 aromatic heterocycles. The number of fused-ring (bicyclic) bond motifs is 1. The number of carbonyl (C=O) groups excluding carboxylic acids is 1. The fourth-order valence-corrected chi connectivity index (χ4v) is 3.71. The first-order chi connectivity index (χ1) is 15.4. The molecule has 0 saturated heterocycles. The molecule has 0 saturated carbocycles. The molecule has 0 spiro atoms. The van der Waals surface area contributed by atoms with Crippen molar-refractivity contribution in [2.24, 2.45) is 0 Å². The maximum absolute atomic E-state index is 13.6. The third-order valence-corrected chi connectivity index (χ3v) is 5.47. The Morgan fingerprint density at radius 3 is 2.72 bits per heavy atom. The zero-order valence-electron chi connectivity index (χ0n) is 18.4. The highest BCUT2D eigenvalue weighted by molar-refractivity contribution is 6.33. The van der Waals surface area contributed by atoms with E-state index in [0.717, 1.165) is 12.1 Å². The standard InChI is InChI=1S/C23H24ClN5O3/c1-5-10-29(12-19-26-27-21(31-19)15-8-6-7-9-17(15)24)23(30)16-11-18(13(2)3)25-22-20(16)14(4)28-32-22/h6-9,11,13H,5,10,12H2,1-4H3. The number of rotatable bonds is 7. The van der Waals surface area contributed by atoms with Crippen LogP contribution in [0.4, 0.5) is 0 Å². The summed E-state index contributed by atoms with van der Waals surface area (Å²) >= 11 is 6.24. The minimum Gasteiger partial charge on any atom is -0.419 e. The van der Waals surface area contributed by atoms with Crippen molar-refractivity contribution in [2.45, 2.75) is 46.6 Å². The van der Waals surface area contributed by atoms with Gasteiger partial charge in [-0.1, -0.05) is 49.7 Å². The molecule has 1 amide bonds. The molecular weight excluding hydrogens is 430 g/mol. The fourth-order valence-electron chi connectivity index (χ4n) is 3.50. The second-order valence-electron chi connectivity index (χ2n) is 7.91. The molecule has 3 heterocycles. The van der Waals surface area contributed by atoms with Gasteiger partial charge in [-0.15, -0.1) is 10.2 Å². The first kappa shape index (κ1) is 22.0. The normalized spacial score (nSPS) is 11.4. The van der Waals surface area contributed by atoms with Crippen molar-refractivity contribution in [1.82, 2.24) is 25.2 Å². The quantitative estimate of drug-likeness (QED) is 0.369. The summed E-state index contributed by atoms with van der Waals surface area (Å²) in [6, 6.07) is 9.07. The Kier molecular flexibility index (Phi) is 6.23. The third-order valence-electron chi connectivity index (χ3n) is 5.14. The van der Waals surface area contributed by atoms with Crippen LogP contribution in [0.25, 0.3) is 22.6 Å². The van der Waals surface area contributed by atoms with Crippen molar-refractivity contribution in [3.05, 3.63) is 58.2 Å². The Labute approximate surface area is 190 Å². The number of aryl methyl sites for hydroxylation is 1. The van der Waals surface area contributed by atoms with E-state index in [1.54, 1.807) is 17.9 Å². The van der Waals surface area contributed by atoms with E-state index in [1.165, 1.54) is 0 Å². The molecule has 8 nitrogen and oxygen atoms in total. The molecule has 4 aromatic rings. The van der Waals surface area contributed by atoms with Crippen LogP contribution in [0, 0.1) is 6.92 Å². The number of halogens is 1. The van der Waals surface area contributed by atoms with E-state index in [2.05, 4.69) is 20.3 Å². The van der Waals surface area contributed by atoms with Crippen molar-refractivity contribution in [2.75, 3.05) is 6.54 Å². The van der Waals surface area contributed by atoms with Gasteiger partial charge in [0.2, 0.25) is 11.8 Å². The number of benzene rings is 1. The summed E-state index contributed by atoms with van der Waals surface area (Å²) in [5.41, 5.74) is 2.93. The molecule has 0 unspecified atom stereocenters. The molecule has 0 radical (unpaired) electrons. The van der Waals surface area contributed by atoms with Gasteiger partial charge >= 0.3 is 0 Å². The highest BCUT2D eigenvalue weighted by Crippen LogP contribution is 2.28. The Morgan fingerprint density at radius 2 is 2.00 bits per heavy atom. The van der Waals surface area contributed by atoms with E-state index in [1.807, 2.05) is 45.0 Å². The monoisotopic (exact) mass is 453 g/mol. The van der Waals surface area contributed by atoms with Crippen molar-refractivity contribution in [1.29, 1.82) is 0 Å². The molecule has 166 valence electrons. The van der Waals surface area contributed by atoms with E-state index in [0.29, 0.717) is 51.3 Å². The SMILES string of the molecule is CCCN(Cc1nnc(-c2ccccc2Cl)o1)C(=O)c1cc(C(C)C)nc2onc(C)c12. The number of amides is 1. The first-order valence-corrected chi connectivity index (χ1v) is 10.9. The van der Waals surface area contributed by atoms with Crippen LogP contribution in [0.2, 0.25) is 5.02 Å². The van der Waals surface area contributed by atoms with Crippen LogP contribution in [0.1, 0.15) is 60.7 Å². The molecule has 0 aliphatic carbocycles. The summed E-state index contributed by atoms with van der Waals surface area (Å²) in [7, 11) is 0. The van der Waals surface area contributed by atoms with Gasteiger partial charge in [-0.2, -0.15) is 0 Å². The summed E-state index contributed by atoms with van der Waals surface area (Å²) in [4.78, 5) is 19.8. The van der Waals surface area contributed by atoms with E-state index < -0.39 is 0 Å². The molecule has 1 aromatic carbocycles. The lowest BCUT2D eigenvalue weighted by Gasteiger charge is -2.21. The van der Waals surface area contributed by atoms with Crippen molar-refractivity contribution in [3.63, 3.8) is 0 Å². The Hall–Kier alpha value is -3.26. The van der Waals surface area contributed by atoms with Gasteiger partial charge in [-0.3, -0.25) is 4.79 Å². The Balaban J connectivity index is 1.68. The fraction of sp³-hybridized carbons (Fsp3) is 0.348. The summed E-state index contributed by atoms with van der Waals surface area (Å²) < 4.78 is 11.2. The van der Waals surface area contributed by atoms with Crippen LogP contribution in [-0.2, 0) is 6.54 Å². The molecule has 0 N–H and O–H groups in total. The third kappa shape index (κ3) is 4.23. The number of aromatic nitrogens is 4. The minimum absolute atomic E-state index is 0.130. The van der Waals surface area contributed by atoms with Gasteiger partial charge in [0.15, 0.2) is 0 Å². The minimum atomic E-state index is -0.162. The van der Waals surface area contributed by atoms with Crippen LogP contribution < -0.4 is 0 Å². The molecule has 4 rings (SSSR count). The first-order valence-electron chi connectivity index (χ1n) is 10.5. The van der Waals surface area contributed by atoms with E-state index in [4.69, 9.17) is 20.5 Å². The van der Waals surface area contributed by atoms with Crippen molar-refractivity contribution in [3.8, 4) is 11.5 Å². The van der Waals surface area contributed by atoms with Gasteiger partial charge in [0.25, 0.3) is 11.6 Å². The average molecular weight is 454 g/mol. The lowest BCUT2D eigenvalue weighted by Crippen LogP contribution is -2.31. The summed E-state index contributed by atoms with van der Waals surface area (Å²) in [5.74, 6) is 0.617. The molecule has 0 aliphatic heterocycles. The predicted octanol–water partition coefficient (Wildman–Crippen LogP) is 5.41. The average Bonchev–Trinajstić information content (AvgIpc) is 3.39. The number of carbonyl (C=O) groups is 1. The number of pyridine rings is 1. The van der Waals surface area contributed by atoms with Crippen LogP contribution in [0.5, 0.6) is 0 Å². The van der Waals surface area contributed by atoms with Crippen molar-refractivity contribution < 1.29 is 13.7 Å².